The summed E-state index contributed by atoms with van der Waals surface area (Å²) >= 11 is 0. The van der Waals surface area contributed by atoms with E-state index in [4.69, 9.17) is 4.74 Å². The molecular formula is C13H24N2O3. The molecule has 18 heavy (non-hydrogen) atoms. The van der Waals surface area contributed by atoms with Crippen LogP contribution in [0.1, 0.15) is 40.5 Å². The number of rotatable bonds is 4. The minimum Gasteiger partial charge on any atom is -0.374 e. The van der Waals surface area contributed by atoms with Crippen molar-refractivity contribution < 1.29 is 14.3 Å². The Hall–Kier alpha value is -1.10. The molecular weight excluding hydrogens is 232 g/mol. The fraction of sp³-hybridized carbons (Fsp3) is 0.846. The van der Waals surface area contributed by atoms with Crippen LogP contribution in [0.15, 0.2) is 0 Å². The van der Waals surface area contributed by atoms with Crippen LogP contribution in [-0.4, -0.2) is 48.1 Å². The zero-order chi connectivity index (χ0) is 13.8. The third-order valence-electron chi connectivity index (χ3n) is 2.86. The van der Waals surface area contributed by atoms with Crippen LogP contribution in [-0.2, 0) is 14.3 Å². The molecule has 1 fully saturated rings. The van der Waals surface area contributed by atoms with Gasteiger partial charge in [-0.25, -0.2) is 0 Å². The largest absolute Gasteiger partial charge is 0.374 e. The number of amides is 2. The summed E-state index contributed by atoms with van der Waals surface area (Å²) in [6, 6.07) is -0.380. The predicted molar refractivity (Wildman–Crippen MR) is 69.1 cm³/mol. The lowest BCUT2D eigenvalue weighted by Crippen LogP contribution is -2.45. The van der Waals surface area contributed by atoms with Crippen molar-refractivity contribution in [3.05, 3.63) is 0 Å². The molecule has 0 radical (unpaired) electrons. The number of carbonyl (C=O) groups excluding carboxylic acids is 2. The number of carbonyl (C=O) groups is 2. The molecule has 0 saturated carbocycles. The molecule has 1 N–H and O–H groups in total. The Bertz CT molecular complexity index is 310. The van der Waals surface area contributed by atoms with Gasteiger partial charge >= 0.3 is 0 Å². The molecule has 0 aromatic rings. The second-order valence-electron chi connectivity index (χ2n) is 5.56. The molecule has 1 rings (SSSR count). The van der Waals surface area contributed by atoms with Gasteiger partial charge in [0.05, 0.1) is 12.2 Å². The van der Waals surface area contributed by atoms with E-state index >= 15 is 0 Å². The monoisotopic (exact) mass is 256 g/mol. The lowest BCUT2D eigenvalue weighted by molar-refractivity contribution is -0.135. The molecule has 104 valence electrons. The first-order valence-electron chi connectivity index (χ1n) is 6.55. The summed E-state index contributed by atoms with van der Waals surface area (Å²) in [7, 11) is 0. The van der Waals surface area contributed by atoms with Gasteiger partial charge in [-0.15, -0.1) is 0 Å². The van der Waals surface area contributed by atoms with Crippen LogP contribution < -0.4 is 5.32 Å². The molecule has 0 aromatic heterocycles. The van der Waals surface area contributed by atoms with Gasteiger partial charge in [0.1, 0.15) is 6.04 Å². The molecule has 1 atom stereocenters. The third-order valence-corrected chi connectivity index (χ3v) is 2.86. The van der Waals surface area contributed by atoms with Gasteiger partial charge in [-0.2, -0.15) is 0 Å². The van der Waals surface area contributed by atoms with Crippen molar-refractivity contribution in [1.82, 2.24) is 10.2 Å². The Labute approximate surface area is 109 Å². The summed E-state index contributed by atoms with van der Waals surface area (Å²) < 4.78 is 5.62. The van der Waals surface area contributed by atoms with Crippen LogP contribution in [0.5, 0.6) is 0 Å². The Morgan fingerprint density at radius 2 is 2.06 bits per heavy atom. The minimum atomic E-state index is -0.380. The Balaban J connectivity index is 2.52. The molecule has 1 aliphatic rings. The van der Waals surface area contributed by atoms with Crippen molar-refractivity contribution in [2.24, 2.45) is 0 Å². The van der Waals surface area contributed by atoms with Crippen LogP contribution >= 0.6 is 0 Å². The topological polar surface area (TPSA) is 58.6 Å². The van der Waals surface area contributed by atoms with Crippen LogP contribution in [0.4, 0.5) is 0 Å². The van der Waals surface area contributed by atoms with E-state index in [2.05, 4.69) is 5.32 Å². The van der Waals surface area contributed by atoms with E-state index in [-0.39, 0.29) is 23.5 Å². The second-order valence-corrected chi connectivity index (χ2v) is 5.56. The molecule has 1 heterocycles. The highest BCUT2D eigenvalue weighted by Crippen LogP contribution is 2.09. The van der Waals surface area contributed by atoms with Gasteiger partial charge in [0.25, 0.3) is 0 Å². The highest BCUT2D eigenvalue weighted by molar-refractivity contribution is 5.89. The fourth-order valence-electron chi connectivity index (χ4n) is 1.86. The SMILES string of the molecule is CCC1NC(=O)CCN(CCOC(C)(C)C)C1=O. The normalized spacial score (nSPS) is 21.8. The number of nitrogens with zero attached hydrogens (tertiary/aromatic N) is 1. The van der Waals surface area contributed by atoms with Crippen molar-refractivity contribution in [3.8, 4) is 0 Å². The van der Waals surface area contributed by atoms with E-state index in [1.165, 1.54) is 0 Å². The molecule has 5 heteroatoms. The van der Waals surface area contributed by atoms with Crippen molar-refractivity contribution in [2.45, 2.75) is 52.2 Å². The van der Waals surface area contributed by atoms with Crippen molar-refractivity contribution in [2.75, 3.05) is 19.7 Å². The van der Waals surface area contributed by atoms with E-state index in [1.54, 1.807) is 4.90 Å². The summed E-state index contributed by atoms with van der Waals surface area (Å²) in [4.78, 5) is 25.3. The summed E-state index contributed by atoms with van der Waals surface area (Å²) in [5, 5.41) is 2.74. The first-order valence-corrected chi connectivity index (χ1v) is 6.55. The zero-order valence-corrected chi connectivity index (χ0v) is 11.8. The standard InChI is InChI=1S/C13H24N2O3/c1-5-10-12(17)15(7-6-11(16)14-10)8-9-18-13(2,3)4/h10H,5-9H2,1-4H3,(H,14,16). The van der Waals surface area contributed by atoms with Crippen LogP contribution in [0.2, 0.25) is 0 Å². The van der Waals surface area contributed by atoms with Crippen molar-refractivity contribution in [3.63, 3.8) is 0 Å². The van der Waals surface area contributed by atoms with Gasteiger partial charge in [0.2, 0.25) is 11.8 Å². The number of hydrogen-bond donors (Lipinski definition) is 1. The molecule has 0 aromatic carbocycles. The minimum absolute atomic E-state index is 0.000796. The molecule has 0 spiro atoms. The average Bonchev–Trinajstić information content (AvgIpc) is 2.39. The quantitative estimate of drug-likeness (QED) is 0.814. The zero-order valence-electron chi connectivity index (χ0n) is 11.8. The van der Waals surface area contributed by atoms with E-state index in [1.807, 2.05) is 27.7 Å². The Morgan fingerprint density at radius 3 is 2.61 bits per heavy atom. The summed E-state index contributed by atoms with van der Waals surface area (Å²) in [5.74, 6) is -0.0460. The maximum atomic E-state index is 12.1. The average molecular weight is 256 g/mol. The maximum Gasteiger partial charge on any atom is 0.245 e. The molecule has 0 aliphatic carbocycles. The van der Waals surface area contributed by atoms with Crippen molar-refractivity contribution in [1.29, 1.82) is 0 Å². The maximum absolute atomic E-state index is 12.1. The Morgan fingerprint density at radius 1 is 1.39 bits per heavy atom. The fourth-order valence-corrected chi connectivity index (χ4v) is 1.86. The molecule has 1 unspecified atom stereocenters. The van der Waals surface area contributed by atoms with Crippen LogP contribution in [0, 0.1) is 0 Å². The lowest BCUT2D eigenvalue weighted by Gasteiger charge is -2.26. The predicted octanol–water partition coefficient (Wildman–Crippen LogP) is 0.929. The first kappa shape index (κ1) is 15.0. The van der Waals surface area contributed by atoms with E-state index in [0.29, 0.717) is 32.5 Å². The molecule has 1 saturated heterocycles. The highest BCUT2D eigenvalue weighted by Gasteiger charge is 2.28. The Kier molecular flexibility index (Phi) is 5.14. The smallest absolute Gasteiger partial charge is 0.245 e. The van der Waals surface area contributed by atoms with Crippen molar-refractivity contribution >= 4 is 11.8 Å². The highest BCUT2D eigenvalue weighted by atomic mass is 16.5. The summed E-state index contributed by atoms with van der Waals surface area (Å²) in [6.45, 7) is 9.37. The van der Waals surface area contributed by atoms with Gasteiger partial charge in [0, 0.05) is 19.5 Å². The molecule has 2 amide bonds. The van der Waals surface area contributed by atoms with Gasteiger partial charge in [-0.05, 0) is 27.2 Å². The van der Waals surface area contributed by atoms with Gasteiger partial charge in [0.15, 0.2) is 0 Å². The number of hydrogen-bond acceptors (Lipinski definition) is 3. The summed E-state index contributed by atoms with van der Waals surface area (Å²) in [5.41, 5.74) is -0.201. The lowest BCUT2D eigenvalue weighted by atomic mass is 10.2. The second kappa shape index (κ2) is 6.18. The molecule has 0 bridgehead atoms. The van der Waals surface area contributed by atoms with Gasteiger partial charge in [-0.1, -0.05) is 6.92 Å². The first-order chi connectivity index (χ1) is 8.33. The number of nitrogens with one attached hydrogen (secondary N) is 1. The third kappa shape index (κ3) is 4.64. The summed E-state index contributed by atoms with van der Waals surface area (Å²) in [6.07, 6.45) is 0.999. The van der Waals surface area contributed by atoms with Gasteiger partial charge in [-0.3, -0.25) is 9.59 Å². The van der Waals surface area contributed by atoms with Crippen LogP contribution in [0.3, 0.4) is 0 Å². The number of ether oxygens (including phenoxy) is 1. The van der Waals surface area contributed by atoms with E-state index < -0.39 is 0 Å². The van der Waals surface area contributed by atoms with Gasteiger partial charge < -0.3 is 15.0 Å². The van der Waals surface area contributed by atoms with Crippen LogP contribution in [0.25, 0.3) is 0 Å². The molecule has 1 aliphatic heterocycles. The molecule has 5 nitrogen and oxygen atoms in total. The van der Waals surface area contributed by atoms with E-state index in [0.717, 1.165) is 0 Å². The van der Waals surface area contributed by atoms with E-state index in [9.17, 15) is 9.59 Å².